The predicted molar refractivity (Wildman–Crippen MR) is 72.9 cm³/mol. The van der Waals surface area contributed by atoms with Crippen LogP contribution in [0.1, 0.15) is 19.4 Å². The average Bonchev–Trinajstić information content (AvgIpc) is 2.19. The van der Waals surface area contributed by atoms with Crippen LogP contribution in [0.4, 0.5) is 0 Å². The largest absolute Gasteiger partial charge is 0.349 e. The Kier molecular flexibility index (Phi) is 5.65. The molecule has 0 aliphatic heterocycles. The Morgan fingerprint density at radius 1 is 1.41 bits per heavy atom. The third-order valence-electron chi connectivity index (χ3n) is 2.36. The molecule has 4 heteroatoms. The number of amides is 1. The number of halogens is 1. The summed E-state index contributed by atoms with van der Waals surface area (Å²) in [6, 6.07) is 8.32. The molecule has 1 rings (SSSR count). The topological polar surface area (TPSA) is 33.5 Å². The van der Waals surface area contributed by atoms with E-state index in [9.17, 15) is 4.79 Å². The highest BCUT2D eigenvalue weighted by Gasteiger charge is 2.12. The third-order valence-corrected chi connectivity index (χ3v) is 3.14. The van der Waals surface area contributed by atoms with Crippen molar-refractivity contribution in [2.75, 3.05) is 13.6 Å². The third kappa shape index (κ3) is 5.33. The van der Waals surface area contributed by atoms with Crippen LogP contribution in [-0.2, 0) is 11.3 Å². The number of hydrogen-bond donors (Lipinski definition) is 2. The van der Waals surface area contributed by atoms with Gasteiger partial charge in [-0.05, 0) is 19.9 Å². The molecule has 0 aromatic heterocycles. The van der Waals surface area contributed by atoms with E-state index in [1.165, 1.54) is 10.5 Å². The number of carbonyl (C=O) groups excluding carboxylic acids is 1. The second kappa shape index (κ2) is 6.77. The Balaban J connectivity index is 2.47. The van der Waals surface area contributed by atoms with Crippen LogP contribution in [0.2, 0.25) is 0 Å². The average molecular weight is 300 g/mol. The van der Waals surface area contributed by atoms with E-state index in [0.29, 0.717) is 6.54 Å². The van der Waals surface area contributed by atoms with E-state index in [-0.39, 0.29) is 11.9 Å². The molecule has 0 aliphatic carbocycles. The minimum atomic E-state index is 0.101. The minimum absolute atomic E-state index is 0.101. The zero-order valence-corrected chi connectivity index (χ0v) is 12.2. The summed E-state index contributed by atoms with van der Waals surface area (Å²) in [5, 5.41) is 2.90. The van der Waals surface area contributed by atoms with Gasteiger partial charge < -0.3 is 10.2 Å². The quantitative estimate of drug-likeness (QED) is 0.835. The van der Waals surface area contributed by atoms with Crippen molar-refractivity contribution in [3.63, 3.8) is 0 Å². The van der Waals surface area contributed by atoms with Crippen LogP contribution in [0, 0.1) is 0 Å². The highest BCUT2D eigenvalue weighted by atomic mass is 79.9. The fourth-order valence-electron chi connectivity index (χ4n) is 1.68. The van der Waals surface area contributed by atoms with Gasteiger partial charge >= 0.3 is 0 Å². The first kappa shape index (κ1) is 14.2. The van der Waals surface area contributed by atoms with E-state index in [0.717, 1.165) is 11.0 Å². The van der Waals surface area contributed by atoms with Crippen molar-refractivity contribution >= 4 is 21.8 Å². The van der Waals surface area contributed by atoms with E-state index in [1.807, 2.05) is 39.1 Å². The van der Waals surface area contributed by atoms with Crippen LogP contribution >= 0.6 is 15.9 Å². The van der Waals surface area contributed by atoms with Gasteiger partial charge in [-0.2, -0.15) is 0 Å². The van der Waals surface area contributed by atoms with Crippen LogP contribution in [0.5, 0.6) is 0 Å². The van der Waals surface area contributed by atoms with Gasteiger partial charge in [0.2, 0.25) is 0 Å². The van der Waals surface area contributed by atoms with Crippen LogP contribution in [-0.4, -0.2) is 25.5 Å². The SMILES string of the molecule is CC(C)NC(=O)C[NH+](C)Cc1ccccc1Br. The van der Waals surface area contributed by atoms with Crippen molar-refractivity contribution in [3.8, 4) is 0 Å². The molecule has 0 heterocycles. The number of likely N-dealkylation sites (N-methyl/N-ethyl adjacent to an activating group) is 1. The predicted octanol–water partition coefficient (Wildman–Crippen LogP) is 0.988. The molecule has 0 saturated carbocycles. The molecule has 17 heavy (non-hydrogen) atoms. The highest BCUT2D eigenvalue weighted by molar-refractivity contribution is 9.10. The number of benzene rings is 1. The lowest BCUT2D eigenvalue weighted by Gasteiger charge is -2.15. The molecule has 0 radical (unpaired) electrons. The first-order chi connectivity index (χ1) is 7.99. The van der Waals surface area contributed by atoms with Crippen molar-refractivity contribution in [3.05, 3.63) is 34.3 Å². The molecule has 3 nitrogen and oxygen atoms in total. The lowest BCUT2D eigenvalue weighted by Crippen LogP contribution is -3.09. The minimum Gasteiger partial charge on any atom is -0.349 e. The summed E-state index contributed by atoms with van der Waals surface area (Å²) < 4.78 is 1.10. The number of hydrogen-bond acceptors (Lipinski definition) is 1. The number of rotatable bonds is 5. The first-order valence-electron chi connectivity index (χ1n) is 5.83. The van der Waals surface area contributed by atoms with Gasteiger partial charge in [-0.15, -0.1) is 0 Å². The first-order valence-corrected chi connectivity index (χ1v) is 6.62. The normalized spacial score (nSPS) is 12.5. The fourth-order valence-corrected chi connectivity index (χ4v) is 2.10. The van der Waals surface area contributed by atoms with Gasteiger partial charge in [-0.1, -0.05) is 34.1 Å². The van der Waals surface area contributed by atoms with Crippen LogP contribution < -0.4 is 10.2 Å². The molecule has 1 atom stereocenters. The van der Waals surface area contributed by atoms with Gasteiger partial charge in [0.05, 0.1) is 7.05 Å². The molecule has 0 aliphatic rings. The molecule has 0 bridgehead atoms. The fraction of sp³-hybridized carbons (Fsp3) is 0.462. The zero-order valence-electron chi connectivity index (χ0n) is 10.6. The molecular formula is C13H20BrN2O+. The van der Waals surface area contributed by atoms with Gasteiger partial charge in [0, 0.05) is 16.1 Å². The molecule has 0 spiro atoms. The number of carbonyl (C=O) groups is 1. The van der Waals surface area contributed by atoms with E-state index in [4.69, 9.17) is 0 Å². The zero-order chi connectivity index (χ0) is 12.8. The van der Waals surface area contributed by atoms with Crippen LogP contribution in [0.15, 0.2) is 28.7 Å². The molecular weight excluding hydrogens is 280 g/mol. The van der Waals surface area contributed by atoms with Crippen molar-refractivity contribution < 1.29 is 9.69 Å². The molecule has 1 unspecified atom stereocenters. The summed E-state index contributed by atoms with van der Waals surface area (Å²) in [6.07, 6.45) is 0. The molecule has 0 fully saturated rings. The van der Waals surface area contributed by atoms with E-state index >= 15 is 0 Å². The maximum Gasteiger partial charge on any atom is 0.275 e. The van der Waals surface area contributed by atoms with Crippen LogP contribution in [0.25, 0.3) is 0 Å². The van der Waals surface area contributed by atoms with Gasteiger partial charge in [-0.3, -0.25) is 4.79 Å². The second-order valence-electron chi connectivity index (χ2n) is 4.62. The molecule has 2 N–H and O–H groups in total. The van der Waals surface area contributed by atoms with Crippen LogP contribution in [0.3, 0.4) is 0 Å². The van der Waals surface area contributed by atoms with Gasteiger partial charge in [-0.25, -0.2) is 0 Å². The number of quaternary nitrogens is 1. The number of nitrogens with one attached hydrogen (secondary N) is 2. The summed E-state index contributed by atoms with van der Waals surface area (Å²) in [5.41, 5.74) is 1.22. The molecule has 0 saturated heterocycles. The lowest BCUT2D eigenvalue weighted by molar-refractivity contribution is -0.885. The second-order valence-corrected chi connectivity index (χ2v) is 5.48. The van der Waals surface area contributed by atoms with Crippen molar-refractivity contribution in [1.29, 1.82) is 0 Å². The van der Waals surface area contributed by atoms with E-state index in [2.05, 4.69) is 27.3 Å². The summed E-state index contributed by atoms with van der Waals surface area (Å²) >= 11 is 3.52. The Bertz CT molecular complexity index is 379. The molecule has 1 aromatic rings. The van der Waals surface area contributed by atoms with Gasteiger partial charge in [0.1, 0.15) is 6.54 Å². The maximum atomic E-state index is 11.6. The van der Waals surface area contributed by atoms with E-state index < -0.39 is 0 Å². The standard InChI is InChI=1S/C13H19BrN2O/c1-10(2)15-13(17)9-16(3)8-11-6-4-5-7-12(11)14/h4-7,10H,8-9H2,1-3H3,(H,15,17)/p+1. The summed E-state index contributed by atoms with van der Waals surface area (Å²) in [7, 11) is 2.03. The molecule has 1 amide bonds. The summed E-state index contributed by atoms with van der Waals surface area (Å²) in [4.78, 5) is 12.8. The van der Waals surface area contributed by atoms with Crippen molar-refractivity contribution in [1.82, 2.24) is 5.32 Å². The molecule has 1 aromatic carbocycles. The van der Waals surface area contributed by atoms with Crippen molar-refractivity contribution in [2.45, 2.75) is 26.4 Å². The van der Waals surface area contributed by atoms with E-state index in [1.54, 1.807) is 0 Å². The summed E-state index contributed by atoms with van der Waals surface area (Å²) in [6.45, 7) is 5.29. The Labute approximate surface area is 111 Å². The smallest absolute Gasteiger partial charge is 0.275 e. The highest BCUT2D eigenvalue weighted by Crippen LogP contribution is 2.14. The maximum absolute atomic E-state index is 11.6. The lowest BCUT2D eigenvalue weighted by atomic mass is 10.2. The Morgan fingerprint density at radius 3 is 2.65 bits per heavy atom. The van der Waals surface area contributed by atoms with Gasteiger partial charge in [0.15, 0.2) is 6.54 Å². The molecule has 94 valence electrons. The van der Waals surface area contributed by atoms with Crippen molar-refractivity contribution in [2.24, 2.45) is 0 Å². The summed E-state index contributed by atoms with van der Waals surface area (Å²) in [5.74, 6) is 0.101. The monoisotopic (exact) mass is 299 g/mol. The Morgan fingerprint density at radius 2 is 2.06 bits per heavy atom. The van der Waals surface area contributed by atoms with Gasteiger partial charge in [0.25, 0.3) is 5.91 Å². The Hall–Kier alpha value is -0.870.